The summed E-state index contributed by atoms with van der Waals surface area (Å²) in [5, 5.41) is 3.86. The van der Waals surface area contributed by atoms with E-state index in [-0.39, 0.29) is 24.0 Å². The molecule has 1 aliphatic heterocycles. The fourth-order valence-corrected chi connectivity index (χ4v) is 4.94. The van der Waals surface area contributed by atoms with Crippen LogP contribution in [0.5, 0.6) is 11.5 Å². The molecule has 2 heterocycles. The van der Waals surface area contributed by atoms with E-state index in [1.165, 1.54) is 17.4 Å². The lowest BCUT2D eigenvalue weighted by molar-refractivity contribution is 0.0527. The Bertz CT molecular complexity index is 1210. The first kappa shape index (κ1) is 22.5. The van der Waals surface area contributed by atoms with Crippen LogP contribution in [0, 0.1) is 6.92 Å². The highest BCUT2D eigenvalue weighted by molar-refractivity contribution is 7.17. The molecule has 0 unspecified atom stereocenters. The normalized spacial score (nSPS) is 12.0. The van der Waals surface area contributed by atoms with Gasteiger partial charge in [-0.3, -0.25) is 4.79 Å². The van der Waals surface area contributed by atoms with E-state index < -0.39 is 11.9 Å². The van der Waals surface area contributed by atoms with Crippen molar-refractivity contribution in [3.63, 3.8) is 0 Å². The largest absolute Gasteiger partial charge is 0.462 e. The third-order valence-corrected chi connectivity index (χ3v) is 6.70. The second-order valence-corrected chi connectivity index (χ2v) is 8.97. The van der Waals surface area contributed by atoms with Gasteiger partial charge in [-0.15, -0.1) is 11.3 Å². The minimum Gasteiger partial charge on any atom is -0.462 e. The van der Waals surface area contributed by atoms with Crippen LogP contribution in [0.2, 0.25) is 10.0 Å². The zero-order chi connectivity index (χ0) is 22.8. The van der Waals surface area contributed by atoms with Crippen LogP contribution in [0.4, 0.5) is 5.00 Å². The topological polar surface area (TPSA) is 73.9 Å². The Morgan fingerprint density at radius 3 is 2.69 bits per heavy atom. The Morgan fingerprint density at radius 1 is 1.12 bits per heavy atom. The van der Waals surface area contributed by atoms with Crippen LogP contribution in [-0.2, 0) is 11.2 Å². The van der Waals surface area contributed by atoms with Gasteiger partial charge < -0.3 is 19.5 Å². The number of carbonyl (C=O) groups is 2. The fraction of sp³-hybridized carbons (Fsp3) is 0.217. The van der Waals surface area contributed by atoms with E-state index in [2.05, 4.69) is 5.32 Å². The molecule has 2 aromatic carbocycles. The summed E-state index contributed by atoms with van der Waals surface area (Å²) in [5.41, 5.74) is 2.29. The third-order valence-electron chi connectivity index (χ3n) is 4.93. The van der Waals surface area contributed by atoms with Crippen LogP contribution in [-0.4, -0.2) is 25.3 Å². The molecule has 166 valence electrons. The molecule has 1 N–H and O–H groups in total. The van der Waals surface area contributed by atoms with Crippen molar-refractivity contribution >= 4 is 51.4 Å². The lowest BCUT2D eigenvalue weighted by atomic mass is 10.1. The van der Waals surface area contributed by atoms with Gasteiger partial charge in [-0.2, -0.15) is 0 Å². The van der Waals surface area contributed by atoms with Crippen molar-refractivity contribution in [1.82, 2.24) is 0 Å². The van der Waals surface area contributed by atoms with Gasteiger partial charge >= 0.3 is 5.97 Å². The van der Waals surface area contributed by atoms with E-state index in [0.29, 0.717) is 33.5 Å². The number of esters is 1. The number of thiophene rings is 1. The Labute approximate surface area is 199 Å². The summed E-state index contributed by atoms with van der Waals surface area (Å²) < 4.78 is 16.1. The van der Waals surface area contributed by atoms with Gasteiger partial charge in [0.15, 0.2) is 11.5 Å². The van der Waals surface area contributed by atoms with E-state index in [4.69, 9.17) is 37.4 Å². The molecule has 1 aromatic heterocycles. The minimum atomic E-state index is -0.495. The number of hydrogen-bond acceptors (Lipinski definition) is 6. The van der Waals surface area contributed by atoms with Gasteiger partial charge in [0.1, 0.15) is 5.00 Å². The minimum absolute atomic E-state index is 0.200. The maximum atomic E-state index is 12.9. The van der Waals surface area contributed by atoms with Crippen LogP contribution in [0.3, 0.4) is 0 Å². The predicted octanol–water partition coefficient (Wildman–Crippen LogP) is 6.11. The Morgan fingerprint density at radius 2 is 1.91 bits per heavy atom. The van der Waals surface area contributed by atoms with Crippen molar-refractivity contribution in [2.45, 2.75) is 20.3 Å². The summed E-state index contributed by atoms with van der Waals surface area (Å²) >= 11 is 13.5. The van der Waals surface area contributed by atoms with Gasteiger partial charge in [0.25, 0.3) is 5.91 Å². The molecule has 0 bridgehead atoms. The fourth-order valence-electron chi connectivity index (χ4n) is 3.34. The number of halogens is 2. The summed E-state index contributed by atoms with van der Waals surface area (Å²) in [4.78, 5) is 26.5. The number of anilines is 1. The number of amides is 1. The molecule has 9 heteroatoms. The van der Waals surface area contributed by atoms with E-state index in [1.807, 2.05) is 25.1 Å². The molecule has 0 atom stereocenters. The van der Waals surface area contributed by atoms with E-state index in [9.17, 15) is 9.59 Å². The van der Waals surface area contributed by atoms with Crippen LogP contribution < -0.4 is 14.8 Å². The highest BCUT2D eigenvalue weighted by Gasteiger charge is 2.25. The summed E-state index contributed by atoms with van der Waals surface area (Å²) in [6.07, 6.45) is 0.549. The number of fused-ring (bicyclic) bond motifs is 1. The van der Waals surface area contributed by atoms with E-state index >= 15 is 0 Å². The molecular weight excluding hydrogens is 473 g/mol. The van der Waals surface area contributed by atoms with E-state index in [0.717, 1.165) is 16.0 Å². The molecule has 6 nitrogen and oxygen atoms in total. The van der Waals surface area contributed by atoms with Gasteiger partial charge in [0.2, 0.25) is 6.79 Å². The first-order valence-corrected chi connectivity index (χ1v) is 11.4. The summed E-state index contributed by atoms with van der Waals surface area (Å²) in [5.74, 6) is 0.436. The van der Waals surface area contributed by atoms with Gasteiger partial charge in [-0.1, -0.05) is 29.3 Å². The number of rotatable bonds is 6. The van der Waals surface area contributed by atoms with Crippen molar-refractivity contribution in [3.8, 4) is 11.5 Å². The summed E-state index contributed by atoms with van der Waals surface area (Å²) in [6.45, 7) is 4.00. The molecule has 1 aliphatic rings. The van der Waals surface area contributed by atoms with Gasteiger partial charge in [0.05, 0.1) is 22.8 Å². The molecule has 3 aromatic rings. The average molecular weight is 492 g/mol. The monoisotopic (exact) mass is 491 g/mol. The molecule has 0 fully saturated rings. The Hall–Kier alpha value is -2.74. The van der Waals surface area contributed by atoms with Crippen LogP contribution in [0.25, 0.3) is 0 Å². The van der Waals surface area contributed by atoms with Crippen molar-refractivity contribution < 1.29 is 23.8 Å². The maximum Gasteiger partial charge on any atom is 0.341 e. The first-order chi connectivity index (χ1) is 15.4. The molecule has 32 heavy (non-hydrogen) atoms. The number of nitrogens with one attached hydrogen (secondary N) is 1. The first-order valence-electron chi connectivity index (χ1n) is 9.81. The zero-order valence-corrected chi connectivity index (χ0v) is 19.6. The third kappa shape index (κ3) is 4.55. The molecule has 0 spiro atoms. The van der Waals surface area contributed by atoms with Gasteiger partial charge in [-0.05, 0) is 55.3 Å². The van der Waals surface area contributed by atoms with E-state index in [1.54, 1.807) is 19.1 Å². The predicted molar refractivity (Wildman–Crippen MR) is 125 cm³/mol. The molecular formula is C23H19Cl2NO5S. The average Bonchev–Trinajstić information content (AvgIpc) is 3.34. The standard InChI is InChI=1S/C23H19Cl2NO5S/c1-3-29-23(28)20-12(2)19(9-13-4-7-17-18(8-13)31-11-30-17)32-22(20)26-21(27)15-10-14(24)5-6-16(15)25/h4-8,10H,3,9,11H2,1-2H3,(H,26,27). The quantitative estimate of drug-likeness (QED) is 0.420. The number of hydrogen-bond donors (Lipinski definition) is 1. The maximum absolute atomic E-state index is 12.9. The lowest BCUT2D eigenvalue weighted by Gasteiger charge is -2.08. The summed E-state index contributed by atoms with van der Waals surface area (Å²) in [7, 11) is 0. The second-order valence-electron chi connectivity index (χ2n) is 7.02. The smallest absolute Gasteiger partial charge is 0.341 e. The Kier molecular flexibility index (Phi) is 6.60. The molecule has 0 saturated carbocycles. The van der Waals surface area contributed by atoms with Gasteiger partial charge in [0, 0.05) is 16.3 Å². The van der Waals surface area contributed by atoms with Gasteiger partial charge in [-0.25, -0.2) is 4.79 Å². The number of benzene rings is 2. The van der Waals surface area contributed by atoms with Crippen molar-refractivity contribution in [2.24, 2.45) is 0 Å². The van der Waals surface area contributed by atoms with Crippen LogP contribution in [0.1, 0.15) is 43.6 Å². The second kappa shape index (κ2) is 9.40. The number of carbonyl (C=O) groups excluding carboxylic acids is 2. The SMILES string of the molecule is CCOC(=O)c1c(NC(=O)c2cc(Cl)ccc2Cl)sc(Cc2ccc3c(c2)OCO3)c1C. The molecule has 4 rings (SSSR count). The van der Waals surface area contributed by atoms with Crippen LogP contribution in [0.15, 0.2) is 36.4 Å². The van der Waals surface area contributed by atoms with Crippen molar-refractivity contribution in [2.75, 3.05) is 18.7 Å². The summed E-state index contributed by atoms with van der Waals surface area (Å²) in [6, 6.07) is 10.4. The highest BCUT2D eigenvalue weighted by Crippen LogP contribution is 2.38. The highest BCUT2D eigenvalue weighted by atomic mass is 35.5. The molecule has 0 radical (unpaired) electrons. The van der Waals surface area contributed by atoms with Crippen molar-refractivity contribution in [3.05, 3.63) is 73.6 Å². The van der Waals surface area contributed by atoms with Crippen LogP contribution >= 0.6 is 34.5 Å². The zero-order valence-electron chi connectivity index (χ0n) is 17.3. The molecule has 0 saturated heterocycles. The Balaban J connectivity index is 1.67. The number of ether oxygens (including phenoxy) is 3. The lowest BCUT2D eigenvalue weighted by Crippen LogP contribution is -2.15. The molecule has 1 amide bonds. The van der Waals surface area contributed by atoms with Crippen molar-refractivity contribution in [1.29, 1.82) is 0 Å². The molecule has 0 aliphatic carbocycles.